The van der Waals surface area contributed by atoms with Gasteiger partial charge < -0.3 is 16.0 Å². The summed E-state index contributed by atoms with van der Waals surface area (Å²) in [6, 6.07) is 14.0. The standard InChI is InChI=1S/C20H25FN4O/c1-3-23-20(24-11-10-15-6-5-9-18(21)13-15)25-14-16-7-4-8-17(12-16)19(26)22-2/h4-9,12-13H,3,10-11,14H2,1-2H3,(H,22,26)(H2,23,24,25). The van der Waals surface area contributed by atoms with Gasteiger partial charge in [0, 0.05) is 25.7 Å². The second-order valence-corrected chi connectivity index (χ2v) is 5.78. The van der Waals surface area contributed by atoms with Gasteiger partial charge in [0.1, 0.15) is 5.82 Å². The van der Waals surface area contributed by atoms with Gasteiger partial charge in [-0.25, -0.2) is 9.38 Å². The first-order valence-corrected chi connectivity index (χ1v) is 8.70. The molecule has 138 valence electrons. The molecule has 0 saturated carbocycles. The summed E-state index contributed by atoms with van der Waals surface area (Å²) in [6.07, 6.45) is 0.703. The molecule has 2 aromatic rings. The second-order valence-electron chi connectivity index (χ2n) is 5.78. The third-order valence-corrected chi connectivity index (χ3v) is 3.78. The van der Waals surface area contributed by atoms with E-state index in [4.69, 9.17) is 0 Å². The summed E-state index contributed by atoms with van der Waals surface area (Å²) in [7, 11) is 1.61. The lowest BCUT2D eigenvalue weighted by molar-refractivity contribution is 0.0963. The normalized spacial score (nSPS) is 11.1. The van der Waals surface area contributed by atoms with E-state index in [1.54, 1.807) is 19.2 Å². The Morgan fingerprint density at radius 2 is 1.85 bits per heavy atom. The Bertz CT molecular complexity index is 761. The maximum Gasteiger partial charge on any atom is 0.251 e. The van der Waals surface area contributed by atoms with Crippen molar-refractivity contribution in [2.24, 2.45) is 4.99 Å². The molecule has 3 N–H and O–H groups in total. The number of nitrogens with one attached hydrogen (secondary N) is 3. The van der Waals surface area contributed by atoms with Crippen LogP contribution in [0.1, 0.15) is 28.4 Å². The van der Waals surface area contributed by atoms with Gasteiger partial charge in [0.15, 0.2) is 5.96 Å². The summed E-state index contributed by atoms with van der Waals surface area (Å²) in [4.78, 5) is 16.3. The molecule has 0 aromatic heterocycles. The van der Waals surface area contributed by atoms with E-state index < -0.39 is 0 Å². The zero-order chi connectivity index (χ0) is 18.8. The van der Waals surface area contributed by atoms with Crippen molar-refractivity contribution in [3.8, 4) is 0 Å². The minimum absolute atomic E-state index is 0.115. The van der Waals surface area contributed by atoms with Crippen LogP contribution in [0.25, 0.3) is 0 Å². The molecule has 6 heteroatoms. The lowest BCUT2D eigenvalue weighted by atomic mass is 10.1. The van der Waals surface area contributed by atoms with Crippen LogP contribution in [-0.2, 0) is 13.0 Å². The fraction of sp³-hybridized carbons (Fsp3) is 0.300. The minimum Gasteiger partial charge on any atom is -0.357 e. The number of nitrogens with zero attached hydrogens (tertiary/aromatic N) is 1. The van der Waals surface area contributed by atoms with Crippen molar-refractivity contribution in [3.05, 3.63) is 71.0 Å². The van der Waals surface area contributed by atoms with Crippen LogP contribution in [0.5, 0.6) is 0 Å². The molecule has 1 amide bonds. The van der Waals surface area contributed by atoms with Gasteiger partial charge in [-0.05, 0) is 48.7 Å². The third kappa shape index (κ3) is 6.20. The Hall–Kier alpha value is -2.89. The molecular weight excluding hydrogens is 331 g/mol. The molecule has 0 aliphatic heterocycles. The average molecular weight is 356 g/mol. The highest BCUT2D eigenvalue weighted by molar-refractivity contribution is 5.94. The molecule has 2 rings (SSSR count). The molecule has 0 radical (unpaired) electrons. The lowest BCUT2D eigenvalue weighted by Crippen LogP contribution is -2.38. The number of halogens is 1. The summed E-state index contributed by atoms with van der Waals surface area (Å²) >= 11 is 0. The fourth-order valence-corrected chi connectivity index (χ4v) is 2.49. The van der Waals surface area contributed by atoms with Gasteiger partial charge in [-0.1, -0.05) is 24.3 Å². The van der Waals surface area contributed by atoms with E-state index in [2.05, 4.69) is 20.9 Å². The Labute approximate surface area is 153 Å². The fourth-order valence-electron chi connectivity index (χ4n) is 2.49. The number of amides is 1. The van der Waals surface area contributed by atoms with Gasteiger partial charge in [-0.2, -0.15) is 0 Å². The number of carbonyl (C=O) groups is 1. The van der Waals surface area contributed by atoms with E-state index in [-0.39, 0.29) is 11.7 Å². The van der Waals surface area contributed by atoms with E-state index in [1.807, 2.05) is 31.2 Å². The Morgan fingerprint density at radius 3 is 2.58 bits per heavy atom. The van der Waals surface area contributed by atoms with Crippen LogP contribution in [0.15, 0.2) is 53.5 Å². The number of guanidine groups is 1. The predicted octanol–water partition coefficient (Wildman–Crippen LogP) is 2.48. The Morgan fingerprint density at radius 1 is 1.08 bits per heavy atom. The largest absolute Gasteiger partial charge is 0.357 e. The molecule has 0 fully saturated rings. The topological polar surface area (TPSA) is 65.5 Å². The molecule has 0 saturated heterocycles. The highest BCUT2D eigenvalue weighted by atomic mass is 19.1. The third-order valence-electron chi connectivity index (χ3n) is 3.78. The Balaban J connectivity index is 1.94. The molecule has 0 spiro atoms. The van der Waals surface area contributed by atoms with Crippen LogP contribution in [-0.4, -0.2) is 32.0 Å². The molecule has 0 aliphatic rings. The summed E-state index contributed by atoms with van der Waals surface area (Å²) in [6.45, 7) is 3.84. The number of carbonyl (C=O) groups excluding carboxylic acids is 1. The molecule has 2 aromatic carbocycles. The van der Waals surface area contributed by atoms with Crippen molar-refractivity contribution in [2.45, 2.75) is 19.9 Å². The number of benzene rings is 2. The van der Waals surface area contributed by atoms with E-state index in [0.29, 0.717) is 31.0 Å². The van der Waals surface area contributed by atoms with Crippen LogP contribution in [0.2, 0.25) is 0 Å². The monoisotopic (exact) mass is 356 g/mol. The summed E-state index contributed by atoms with van der Waals surface area (Å²) in [5.74, 6) is 0.351. The van der Waals surface area contributed by atoms with Crippen LogP contribution in [0.4, 0.5) is 4.39 Å². The quantitative estimate of drug-likeness (QED) is 0.527. The molecule has 0 unspecified atom stereocenters. The van der Waals surface area contributed by atoms with Crippen LogP contribution in [0, 0.1) is 5.82 Å². The van der Waals surface area contributed by atoms with Gasteiger partial charge in [-0.3, -0.25) is 4.79 Å². The Kier molecular flexibility index (Phi) is 7.61. The van der Waals surface area contributed by atoms with Crippen LogP contribution >= 0.6 is 0 Å². The van der Waals surface area contributed by atoms with Gasteiger partial charge in [0.05, 0.1) is 6.54 Å². The predicted molar refractivity (Wildman–Crippen MR) is 103 cm³/mol. The van der Waals surface area contributed by atoms with E-state index in [9.17, 15) is 9.18 Å². The first-order chi connectivity index (χ1) is 12.6. The highest BCUT2D eigenvalue weighted by Gasteiger charge is 2.04. The number of hydrogen-bond acceptors (Lipinski definition) is 2. The average Bonchev–Trinajstić information content (AvgIpc) is 2.65. The first kappa shape index (κ1) is 19.4. The maximum absolute atomic E-state index is 13.2. The zero-order valence-electron chi connectivity index (χ0n) is 15.2. The van der Waals surface area contributed by atoms with Crippen LogP contribution < -0.4 is 16.0 Å². The van der Waals surface area contributed by atoms with Crippen molar-refractivity contribution >= 4 is 11.9 Å². The summed E-state index contributed by atoms with van der Waals surface area (Å²) in [5.41, 5.74) is 2.50. The number of rotatable bonds is 7. The van der Waals surface area contributed by atoms with Gasteiger partial charge >= 0.3 is 0 Å². The number of aliphatic imine (C=N–C) groups is 1. The lowest BCUT2D eigenvalue weighted by Gasteiger charge is -2.11. The van der Waals surface area contributed by atoms with E-state index >= 15 is 0 Å². The summed E-state index contributed by atoms with van der Waals surface area (Å²) < 4.78 is 13.2. The second kappa shape index (κ2) is 10.2. The van der Waals surface area contributed by atoms with E-state index in [0.717, 1.165) is 17.7 Å². The van der Waals surface area contributed by atoms with Crippen molar-refractivity contribution in [1.82, 2.24) is 16.0 Å². The first-order valence-electron chi connectivity index (χ1n) is 8.70. The van der Waals surface area contributed by atoms with Crippen molar-refractivity contribution < 1.29 is 9.18 Å². The van der Waals surface area contributed by atoms with Crippen molar-refractivity contribution in [2.75, 3.05) is 20.1 Å². The van der Waals surface area contributed by atoms with Gasteiger partial charge in [-0.15, -0.1) is 0 Å². The highest BCUT2D eigenvalue weighted by Crippen LogP contribution is 2.07. The zero-order valence-corrected chi connectivity index (χ0v) is 15.2. The molecule has 0 bridgehead atoms. The van der Waals surface area contributed by atoms with E-state index in [1.165, 1.54) is 12.1 Å². The summed E-state index contributed by atoms with van der Waals surface area (Å²) in [5, 5.41) is 9.04. The van der Waals surface area contributed by atoms with Crippen molar-refractivity contribution in [3.63, 3.8) is 0 Å². The number of hydrogen-bond donors (Lipinski definition) is 3. The molecule has 5 nitrogen and oxygen atoms in total. The minimum atomic E-state index is -0.223. The van der Waals surface area contributed by atoms with Gasteiger partial charge in [0.2, 0.25) is 0 Å². The molecule has 26 heavy (non-hydrogen) atoms. The maximum atomic E-state index is 13.2. The molecule has 0 aliphatic carbocycles. The molecule has 0 heterocycles. The van der Waals surface area contributed by atoms with Crippen molar-refractivity contribution in [1.29, 1.82) is 0 Å². The SMILES string of the molecule is CCNC(=NCc1cccc(C(=O)NC)c1)NCCc1cccc(F)c1. The molecule has 0 atom stereocenters. The van der Waals surface area contributed by atoms with Gasteiger partial charge in [0.25, 0.3) is 5.91 Å². The smallest absolute Gasteiger partial charge is 0.251 e. The molecular formula is C20H25FN4O. The van der Waals surface area contributed by atoms with Crippen LogP contribution in [0.3, 0.4) is 0 Å².